The average Bonchev–Trinajstić information content (AvgIpc) is 2.65. The summed E-state index contributed by atoms with van der Waals surface area (Å²) in [6, 6.07) is 6.77. The Morgan fingerprint density at radius 3 is 2.71 bits per heavy atom. The number of rotatable bonds is 3. The first-order valence-electron chi connectivity index (χ1n) is 5.87. The van der Waals surface area contributed by atoms with Crippen molar-refractivity contribution < 1.29 is 4.39 Å². The van der Waals surface area contributed by atoms with Gasteiger partial charge >= 0.3 is 0 Å². The third kappa shape index (κ3) is 2.73. The first-order chi connectivity index (χ1) is 8.06. The second-order valence-corrected chi connectivity index (χ2v) is 4.78. The zero-order valence-electron chi connectivity index (χ0n) is 10.4. The highest BCUT2D eigenvalue weighted by molar-refractivity contribution is 5.39. The van der Waals surface area contributed by atoms with Gasteiger partial charge in [-0.2, -0.15) is 5.10 Å². The summed E-state index contributed by atoms with van der Waals surface area (Å²) in [6.45, 7) is 6.23. The van der Waals surface area contributed by atoms with Crippen LogP contribution in [0, 0.1) is 18.7 Å². The van der Waals surface area contributed by atoms with Crippen molar-refractivity contribution in [1.29, 1.82) is 0 Å². The normalized spacial score (nSPS) is 11.1. The predicted octanol–water partition coefficient (Wildman–Crippen LogP) is 3.52. The van der Waals surface area contributed by atoms with Crippen molar-refractivity contribution in [1.82, 2.24) is 9.78 Å². The summed E-state index contributed by atoms with van der Waals surface area (Å²) in [5.41, 5.74) is 2.90. The molecule has 1 aromatic heterocycles. The number of nitrogens with zero attached hydrogens (tertiary/aromatic N) is 2. The molecular weight excluding hydrogens is 215 g/mol. The third-order valence-electron chi connectivity index (χ3n) is 2.67. The van der Waals surface area contributed by atoms with Crippen LogP contribution in [0.4, 0.5) is 4.39 Å². The van der Waals surface area contributed by atoms with Crippen LogP contribution in [0.15, 0.2) is 30.5 Å². The van der Waals surface area contributed by atoms with E-state index in [1.807, 2.05) is 23.9 Å². The van der Waals surface area contributed by atoms with Crippen LogP contribution in [0.5, 0.6) is 0 Å². The maximum atomic E-state index is 13.0. The molecular formula is C14H17FN2. The molecule has 0 aliphatic heterocycles. The molecule has 0 radical (unpaired) electrons. The topological polar surface area (TPSA) is 17.8 Å². The smallest absolute Gasteiger partial charge is 0.123 e. The van der Waals surface area contributed by atoms with Crippen molar-refractivity contribution in [3.8, 4) is 5.69 Å². The zero-order chi connectivity index (χ0) is 12.4. The fourth-order valence-corrected chi connectivity index (χ4v) is 1.90. The predicted molar refractivity (Wildman–Crippen MR) is 66.8 cm³/mol. The van der Waals surface area contributed by atoms with Crippen molar-refractivity contribution in [2.24, 2.45) is 5.92 Å². The minimum atomic E-state index is -0.208. The maximum absolute atomic E-state index is 13.0. The first-order valence-corrected chi connectivity index (χ1v) is 5.87. The van der Waals surface area contributed by atoms with Gasteiger partial charge in [-0.3, -0.25) is 0 Å². The fraction of sp³-hybridized carbons (Fsp3) is 0.357. The van der Waals surface area contributed by atoms with Crippen molar-refractivity contribution in [2.45, 2.75) is 27.2 Å². The van der Waals surface area contributed by atoms with Gasteiger partial charge in [0, 0.05) is 6.20 Å². The maximum Gasteiger partial charge on any atom is 0.123 e. The molecule has 2 rings (SSSR count). The van der Waals surface area contributed by atoms with Gasteiger partial charge in [0.25, 0.3) is 0 Å². The van der Waals surface area contributed by atoms with Gasteiger partial charge in [-0.15, -0.1) is 0 Å². The van der Waals surface area contributed by atoms with E-state index >= 15 is 0 Å². The Bertz CT molecular complexity index is 515. The summed E-state index contributed by atoms with van der Waals surface area (Å²) < 4.78 is 14.8. The number of hydrogen-bond donors (Lipinski definition) is 0. The molecule has 0 saturated carbocycles. The summed E-state index contributed by atoms with van der Waals surface area (Å²) >= 11 is 0. The van der Waals surface area contributed by atoms with Crippen LogP contribution >= 0.6 is 0 Å². The molecule has 0 aliphatic rings. The molecule has 0 N–H and O–H groups in total. The second kappa shape index (κ2) is 4.70. The number of hydrogen-bond acceptors (Lipinski definition) is 1. The first kappa shape index (κ1) is 11.8. The van der Waals surface area contributed by atoms with Crippen LogP contribution in [0.25, 0.3) is 5.69 Å². The lowest BCUT2D eigenvalue weighted by molar-refractivity contribution is 0.622. The molecule has 0 saturated heterocycles. The van der Waals surface area contributed by atoms with E-state index in [1.165, 1.54) is 12.1 Å². The second-order valence-electron chi connectivity index (χ2n) is 4.78. The molecule has 0 aliphatic carbocycles. The van der Waals surface area contributed by atoms with E-state index in [9.17, 15) is 4.39 Å². The van der Waals surface area contributed by atoms with E-state index in [1.54, 1.807) is 6.07 Å². The van der Waals surface area contributed by atoms with Gasteiger partial charge < -0.3 is 0 Å². The van der Waals surface area contributed by atoms with Gasteiger partial charge in [0.15, 0.2) is 0 Å². The van der Waals surface area contributed by atoms with Crippen LogP contribution < -0.4 is 0 Å². The molecule has 3 heteroatoms. The highest BCUT2D eigenvalue weighted by Crippen LogP contribution is 2.15. The average molecular weight is 232 g/mol. The summed E-state index contributed by atoms with van der Waals surface area (Å²) in [6.07, 6.45) is 2.89. The number of benzene rings is 1. The quantitative estimate of drug-likeness (QED) is 0.791. The summed E-state index contributed by atoms with van der Waals surface area (Å²) in [4.78, 5) is 0. The molecule has 17 heavy (non-hydrogen) atoms. The van der Waals surface area contributed by atoms with Crippen molar-refractivity contribution >= 4 is 0 Å². The fourth-order valence-electron chi connectivity index (χ4n) is 1.90. The molecule has 0 unspecified atom stereocenters. The molecule has 0 amide bonds. The molecule has 1 heterocycles. The van der Waals surface area contributed by atoms with Crippen LogP contribution in [0.2, 0.25) is 0 Å². The van der Waals surface area contributed by atoms with E-state index in [4.69, 9.17) is 0 Å². The monoisotopic (exact) mass is 232 g/mol. The Balaban J connectivity index is 2.30. The van der Waals surface area contributed by atoms with E-state index in [2.05, 4.69) is 18.9 Å². The van der Waals surface area contributed by atoms with E-state index < -0.39 is 0 Å². The number of halogens is 1. The highest BCUT2D eigenvalue weighted by atomic mass is 19.1. The molecule has 1 aromatic carbocycles. The van der Waals surface area contributed by atoms with Gasteiger partial charge in [0.05, 0.1) is 11.4 Å². The molecule has 0 fully saturated rings. The largest absolute Gasteiger partial charge is 0.240 e. The van der Waals surface area contributed by atoms with Gasteiger partial charge in [0.2, 0.25) is 0 Å². The lowest BCUT2D eigenvalue weighted by atomic mass is 10.1. The molecule has 0 bridgehead atoms. The molecule has 2 nitrogen and oxygen atoms in total. The number of aromatic nitrogens is 2. The Kier molecular flexibility index (Phi) is 3.27. The van der Waals surface area contributed by atoms with Crippen LogP contribution in [0.3, 0.4) is 0 Å². The van der Waals surface area contributed by atoms with Crippen LogP contribution in [-0.4, -0.2) is 9.78 Å². The van der Waals surface area contributed by atoms with Crippen LogP contribution in [-0.2, 0) is 6.42 Å². The summed E-state index contributed by atoms with van der Waals surface area (Å²) in [5, 5.41) is 4.51. The summed E-state index contributed by atoms with van der Waals surface area (Å²) in [5.74, 6) is 0.383. The molecule has 0 atom stereocenters. The molecule has 90 valence electrons. The van der Waals surface area contributed by atoms with Crippen molar-refractivity contribution in [3.63, 3.8) is 0 Å². The highest BCUT2D eigenvalue weighted by Gasteiger charge is 2.06. The molecule has 2 aromatic rings. The number of aryl methyl sites for hydroxylation is 1. The Labute approximate surface area is 101 Å². The zero-order valence-corrected chi connectivity index (χ0v) is 10.4. The SMILES string of the molecule is Cc1cc(F)ccc1-n1ccc(CC(C)C)n1. The molecule has 0 spiro atoms. The van der Waals surface area contributed by atoms with E-state index in [-0.39, 0.29) is 5.82 Å². The standard InChI is InChI=1S/C14H17FN2/c1-10(2)8-13-6-7-17(16-13)14-5-4-12(15)9-11(14)3/h4-7,9-10H,8H2,1-3H3. The van der Waals surface area contributed by atoms with Crippen molar-refractivity contribution in [2.75, 3.05) is 0 Å². The van der Waals surface area contributed by atoms with Crippen molar-refractivity contribution in [3.05, 3.63) is 47.5 Å². The lowest BCUT2D eigenvalue weighted by Crippen LogP contribution is -2.01. The van der Waals surface area contributed by atoms with E-state index in [0.29, 0.717) is 5.92 Å². The minimum absolute atomic E-state index is 0.208. The Morgan fingerprint density at radius 2 is 2.06 bits per heavy atom. The Morgan fingerprint density at radius 1 is 1.29 bits per heavy atom. The van der Waals surface area contributed by atoms with Crippen LogP contribution in [0.1, 0.15) is 25.1 Å². The Hall–Kier alpha value is -1.64. The third-order valence-corrected chi connectivity index (χ3v) is 2.67. The van der Waals surface area contributed by atoms with Gasteiger partial charge in [-0.05, 0) is 49.1 Å². The summed E-state index contributed by atoms with van der Waals surface area (Å²) in [7, 11) is 0. The van der Waals surface area contributed by atoms with Gasteiger partial charge in [-0.1, -0.05) is 13.8 Å². The minimum Gasteiger partial charge on any atom is -0.240 e. The lowest BCUT2D eigenvalue weighted by Gasteiger charge is -2.06. The van der Waals surface area contributed by atoms with Gasteiger partial charge in [0.1, 0.15) is 5.82 Å². The van der Waals surface area contributed by atoms with E-state index in [0.717, 1.165) is 23.4 Å². The van der Waals surface area contributed by atoms with Gasteiger partial charge in [-0.25, -0.2) is 9.07 Å².